The van der Waals surface area contributed by atoms with Crippen LogP contribution in [0.25, 0.3) is 0 Å². The van der Waals surface area contributed by atoms with Crippen LogP contribution in [0.5, 0.6) is 0 Å². The van der Waals surface area contributed by atoms with E-state index < -0.39 is 6.10 Å². The van der Waals surface area contributed by atoms with Crippen molar-refractivity contribution in [1.82, 2.24) is 0 Å². The van der Waals surface area contributed by atoms with Gasteiger partial charge in [-0.1, -0.05) is 23.2 Å². The van der Waals surface area contributed by atoms with Crippen molar-refractivity contribution in [3.8, 4) is 0 Å². The molecule has 1 aromatic carbocycles. The average Bonchev–Trinajstić information content (AvgIpc) is 2.29. The Morgan fingerprint density at radius 3 is 2.93 bits per heavy atom. The van der Waals surface area contributed by atoms with E-state index in [-0.39, 0.29) is 0 Å². The van der Waals surface area contributed by atoms with E-state index >= 15 is 0 Å². The fraction of sp³-hybridized carbons (Fsp3) is 0.400. The van der Waals surface area contributed by atoms with Crippen LogP contribution in [-0.4, -0.2) is 10.9 Å². The van der Waals surface area contributed by atoms with Crippen LogP contribution in [0, 0.1) is 0 Å². The first-order valence-corrected chi connectivity index (χ1v) is 6.33. The zero-order chi connectivity index (χ0) is 10.1. The van der Waals surface area contributed by atoms with Gasteiger partial charge >= 0.3 is 0 Å². The van der Waals surface area contributed by atoms with Crippen LogP contribution in [0.1, 0.15) is 23.7 Å². The normalized spacial score (nSPS) is 21.5. The van der Waals surface area contributed by atoms with Gasteiger partial charge in [-0.15, -0.1) is 0 Å². The van der Waals surface area contributed by atoms with Crippen molar-refractivity contribution in [3.63, 3.8) is 0 Å². The maximum atomic E-state index is 9.86. The molecule has 1 aliphatic rings. The molecule has 1 atom stereocenters. The monoisotopic (exact) mass is 248 g/mol. The molecular formula is C10H10Cl2OS. The first kappa shape index (κ1) is 10.6. The van der Waals surface area contributed by atoms with Crippen LogP contribution < -0.4 is 0 Å². The highest BCUT2D eigenvalue weighted by atomic mass is 35.5. The van der Waals surface area contributed by atoms with Gasteiger partial charge in [0.2, 0.25) is 0 Å². The second kappa shape index (κ2) is 4.31. The van der Waals surface area contributed by atoms with E-state index in [4.69, 9.17) is 23.2 Å². The number of aliphatic hydroxyl groups is 1. The highest BCUT2D eigenvalue weighted by Gasteiger charge is 2.19. The summed E-state index contributed by atoms with van der Waals surface area (Å²) < 4.78 is 0. The molecule has 0 amide bonds. The molecule has 0 spiro atoms. The van der Waals surface area contributed by atoms with E-state index in [9.17, 15) is 5.11 Å². The Hall–Kier alpha value is 0.110. The Bertz CT molecular complexity index is 354. The first-order chi connectivity index (χ1) is 6.68. The summed E-state index contributed by atoms with van der Waals surface area (Å²) in [5.41, 5.74) is 1.93. The minimum Gasteiger partial charge on any atom is -0.388 e. The SMILES string of the molecule is O[C@H]1CCSCc2c(Cl)cc(Cl)cc21. The van der Waals surface area contributed by atoms with Crippen molar-refractivity contribution in [2.45, 2.75) is 18.3 Å². The van der Waals surface area contributed by atoms with Gasteiger partial charge in [-0.3, -0.25) is 0 Å². The van der Waals surface area contributed by atoms with Crippen LogP contribution in [0.2, 0.25) is 10.0 Å². The van der Waals surface area contributed by atoms with Crippen molar-refractivity contribution in [3.05, 3.63) is 33.3 Å². The van der Waals surface area contributed by atoms with Gasteiger partial charge in [0.15, 0.2) is 0 Å². The van der Waals surface area contributed by atoms with Crippen molar-refractivity contribution in [2.75, 3.05) is 5.75 Å². The molecular weight excluding hydrogens is 239 g/mol. The van der Waals surface area contributed by atoms with E-state index in [1.165, 1.54) is 0 Å². The fourth-order valence-corrected chi connectivity index (χ4v) is 3.31. The van der Waals surface area contributed by atoms with E-state index in [0.717, 1.165) is 29.1 Å². The maximum absolute atomic E-state index is 9.86. The molecule has 1 N–H and O–H groups in total. The number of aliphatic hydroxyl groups excluding tert-OH is 1. The quantitative estimate of drug-likeness (QED) is 0.757. The number of rotatable bonds is 0. The van der Waals surface area contributed by atoms with E-state index in [0.29, 0.717) is 10.0 Å². The highest BCUT2D eigenvalue weighted by molar-refractivity contribution is 7.98. The predicted octanol–water partition coefficient (Wildman–Crippen LogP) is 3.66. The molecule has 0 saturated heterocycles. The van der Waals surface area contributed by atoms with E-state index in [1.807, 2.05) is 6.07 Å². The molecule has 0 unspecified atom stereocenters. The van der Waals surface area contributed by atoms with Crippen molar-refractivity contribution in [2.24, 2.45) is 0 Å². The lowest BCUT2D eigenvalue weighted by molar-refractivity contribution is 0.175. The topological polar surface area (TPSA) is 20.2 Å². The largest absolute Gasteiger partial charge is 0.388 e. The maximum Gasteiger partial charge on any atom is 0.0801 e. The van der Waals surface area contributed by atoms with Crippen LogP contribution in [0.15, 0.2) is 12.1 Å². The van der Waals surface area contributed by atoms with E-state index in [1.54, 1.807) is 17.8 Å². The Kier molecular flexibility index (Phi) is 3.27. The standard InChI is InChI=1S/C10H10Cl2OS/c11-6-3-7-8(9(12)4-6)5-14-2-1-10(7)13/h3-4,10,13H,1-2,5H2/t10-/m0/s1. The summed E-state index contributed by atoms with van der Waals surface area (Å²) in [7, 11) is 0. The Balaban J connectivity index is 2.53. The minimum atomic E-state index is -0.420. The average molecular weight is 249 g/mol. The lowest BCUT2D eigenvalue weighted by Gasteiger charge is -2.12. The second-order valence-electron chi connectivity index (χ2n) is 3.31. The molecule has 0 aromatic heterocycles. The highest BCUT2D eigenvalue weighted by Crippen LogP contribution is 2.36. The number of thioether (sulfide) groups is 1. The molecule has 0 bridgehead atoms. The molecule has 1 heterocycles. The molecule has 1 aliphatic heterocycles. The lowest BCUT2D eigenvalue weighted by Crippen LogP contribution is -2.00. The molecule has 0 saturated carbocycles. The van der Waals surface area contributed by atoms with Crippen LogP contribution in [0.3, 0.4) is 0 Å². The number of halogens is 2. The zero-order valence-corrected chi connectivity index (χ0v) is 9.79. The van der Waals surface area contributed by atoms with Gasteiger partial charge in [-0.05, 0) is 35.4 Å². The predicted molar refractivity (Wildman–Crippen MR) is 62.2 cm³/mol. The molecule has 1 nitrogen and oxygen atoms in total. The van der Waals surface area contributed by atoms with Crippen molar-refractivity contribution < 1.29 is 5.11 Å². The van der Waals surface area contributed by atoms with Gasteiger partial charge in [0.05, 0.1) is 6.10 Å². The smallest absolute Gasteiger partial charge is 0.0801 e. The Morgan fingerprint density at radius 1 is 1.36 bits per heavy atom. The van der Waals surface area contributed by atoms with E-state index in [2.05, 4.69) is 0 Å². The van der Waals surface area contributed by atoms with Crippen LogP contribution >= 0.6 is 35.0 Å². The third kappa shape index (κ3) is 2.03. The zero-order valence-electron chi connectivity index (χ0n) is 7.46. The molecule has 0 fully saturated rings. The number of fused-ring (bicyclic) bond motifs is 1. The van der Waals surface area contributed by atoms with Crippen LogP contribution in [-0.2, 0) is 5.75 Å². The molecule has 0 aliphatic carbocycles. The summed E-state index contributed by atoms with van der Waals surface area (Å²) >= 11 is 13.8. The van der Waals surface area contributed by atoms with Gasteiger partial charge in [0.25, 0.3) is 0 Å². The molecule has 14 heavy (non-hydrogen) atoms. The molecule has 76 valence electrons. The summed E-state index contributed by atoms with van der Waals surface area (Å²) in [6.07, 6.45) is 0.352. The van der Waals surface area contributed by atoms with Gasteiger partial charge in [0, 0.05) is 15.8 Å². The molecule has 4 heteroatoms. The molecule has 2 rings (SSSR count). The Labute approximate surface area is 97.4 Å². The first-order valence-electron chi connectivity index (χ1n) is 4.42. The second-order valence-corrected chi connectivity index (χ2v) is 5.26. The minimum absolute atomic E-state index is 0.420. The van der Waals surface area contributed by atoms with Crippen LogP contribution in [0.4, 0.5) is 0 Å². The summed E-state index contributed by atoms with van der Waals surface area (Å²) in [6.45, 7) is 0. The van der Waals surface area contributed by atoms with Crippen molar-refractivity contribution >= 4 is 35.0 Å². The molecule has 1 aromatic rings. The van der Waals surface area contributed by atoms with Gasteiger partial charge < -0.3 is 5.11 Å². The lowest BCUT2D eigenvalue weighted by atomic mass is 10.0. The third-order valence-corrected chi connectivity index (χ3v) is 3.91. The molecule has 0 radical (unpaired) electrons. The summed E-state index contributed by atoms with van der Waals surface area (Å²) in [5, 5.41) is 11.1. The third-order valence-electron chi connectivity index (χ3n) is 2.34. The van der Waals surface area contributed by atoms with Gasteiger partial charge in [-0.25, -0.2) is 0 Å². The summed E-state index contributed by atoms with van der Waals surface area (Å²) in [4.78, 5) is 0. The number of hydrogen-bond acceptors (Lipinski definition) is 2. The Morgan fingerprint density at radius 2 is 2.14 bits per heavy atom. The fourth-order valence-electron chi connectivity index (χ4n) is 1.60. The summed E-state index contributed by atoms with van der Waals surface area (Å²) in [5.74, 6) is 1.83. The number of benzene rings is 1. The van der Waals surface area contributed by atoms with Gasteiger partial charge in [0.1, 0.15) is 0 Å². The summed E-state index contributed by atoms with van der Waals surface area (Å²) in [6, 6.07) is 3.56. The number of hydrogen-bond donors (Lipinski definition) is 1. The van der Waals surface area contributed by atoms with Crippen molar-refractivity contribution in [1.29, 1.82) is 0 Å². The van der Waals surface area contributed by atoms with Gasteiger partial charge in [-0.2, -0.15) is 11.8 Å².